The SMILES string of the molecule is O=C(CCC(=O)N1CCOc2ccccc21)N(CCc1ccccc1)Cc1ccccc1. The number of amides is 2. The summed E-state index contributed by atoms with van der Waals surface area (Å²) >= 11 is 0. The van der Waals surface area contributed by atoms with E-state index in [0.29, 0.717) is 32.0 Å². The fraction of sp³-hybridized carbons (Fsp3) is 0.259. The molecule has 4 rings (SSSR count). The second-order valence-corrected chi connectivity index (χ2v) is 7.90. The van der Waals surface area contributed by atoms with Crippen LogP contribution >= 0.6 is 0 Å². The number of carbonyl (C=O) groups excluding carboxylic acids is 2. The summed E-state index contributed by atoms with van der Waals surface area (Å²) in [6.45, 7) is 2.13. The molecule has 5 nitrogen and oxygen atoms in total. The third-order valence-corrected chi connectivity index (χ3v) is 5.66. The molecule has 0 radical (unpaired) electrons. The average Bonchev–Trinajstić information content (AvgIpc) is 2.85. The van der Waals surface area contributed by atoms with Crippen molar-refractivity contribution < 1.29 is 14.3 Å². The van der Waals surface area contributed by atoms with Crippen LogP contribution < -0.4 is 9.64 Å². The van der Waals surface area contributed by atoms with Gasteiger partial charge in [-0.3, -0.25) is 9.59 Å². The van der Waals surface area contributed by atoms with Gasteiger partial charge >= 0.3 is 0 Å². The lowest BCUT2D eigenvalue weighted by atomic mass is 10.1. The number of fused-ring (bicyclic) bond motifs is 1. The monoisotopic (exact) mass is 428 g/mol. The summed E-state index contributed by atoms with van der Waals surface area (Å²) in [6, 6.07) is 27.7. The fourth-order valence-corrected chi connectivity index (χ4v) is 3.94. The van der Waals surface area contributed by atoms with Gasteiger partial charge in [0.1, 0.15) is 12.4 Å². The van der Waals surface area contributed by atoms with Crippen molar-refractivity contribution in [1.29, 1.82) is 0 Å². The van der Waals surface area contributed by atoms with E-state index in [1.54, 1.807) is 4.90 Å². The van der Waals surface area contributed by atoms with Gasteiger partial charge in [-0.05, 0) is 29.7 Å². The third kappa shape index (κ3) is 5.55. The van der Waals surface area contributed by atoms with Gasteiger partial charge < -0.3 is 14.5 Å². The normalized spacial score (nSPS) is 12.6. The minimum Gasteiger partial charge on any atom is -0.490 e. The molecule has 0 aliphatic carbocycles. The lowest BCUT2D eigenvalue weighted by Gasteiger charge is -2.30. The van der Waals surface area contributed by atoms with Gasteiger partial charge in [0.05, 0.1) is 12.2 Å². The Labute approximate surface area is 189 Å². The van der Waals surface area contributed by atoms with E-state index in [9.17, 15) is 9.59 Å². The number of benzene rings is 3. The highest BCUT2D eigenvalue weighted by Crippen LogP contribution is 2.31. The van der Waals surface area contributed by atoms with Gasteiger partial charge in [0.25, 0.3) is 0 Å². The van der Waals surface area contributed by atoms with Gasteiger partial charge in [0.15, 0.2) is 0 Å². The summed E-state index contributed by atoms with van der Waals surface area (Å²) < 4.78 is 5.64. The van der Waals surface area contributed by atoms with E-state index in [-0.39, 0.29) is 24.7 Å². The van der Waals surface area contributed by atoms with Gasteiger partial charge in [0, 0.05) is 25.9 Å². The van der Waals surface area contributed by atoms with Crippen molar-refractivity contribution in [3.8, 4) is 5.75 Å². The first-order chi connectivity index (χ1) is 15.7. The highest BCUT2D eigenvalue weighted by Gasteiger charge is 2.24. The maximum absolute atomic E-state index is 13.1. The molecule has 3 aromatic carbocycles. The zero-order chi connectivity index (χ0) is 22.2. The average molecular weight is 429 g/mol. The Morgan fingerprint density at radius 1 is 0.812 bits per heavy atom. The molecular weight excluding hydrogens is 400 g/mol. The van der Waals surface area contributed by atoms with Crippen molar-refractivity contribution in [2.45, 2.75) is 25.8 Å². The van der Waals surface area contributed by atoms with Gasteiger partial charge in [0.2, 0.25) is 11.8 Å². The first kappa shape index (κ1) is 21.6. The van der Waals surface area contributed by atoms with Crippen LogP contribution in [0.15, 0.2) is 84.9 Å². The topological polar surface area (TPSA) is 49.9 Å². The highest BCUT2D eigenvalue weighted by molar-refractivity contribution is 5.97. The van der Waals surface area contributed by atoms with Crippen LogP contribution in [0.2, 0.25) is 0 Å². The third-order valence-electron chi connectivity index (χ3n) is 5.66. The number of para-hydroxylation sites is 2. The van der Waals surface area contributed by atoms with Crippen molar-refractivity contribution in [2.24, 2.45) is 0 Å². The maximum Gasteiger partial charge on any atom is 0.227 e. The van der Waals surface area contributed by atoms with Crippen molar-refractivity contribution in [2.75, 3.05) is 24.6 Å². The number of rotatable bonds is 8. The van der Waals surface area contributed by atoms with Crippen LogP contribution in [0.1, 0.15) is 24.0 Å². The molecule has 5 heteroatoms. The van der Waals surface area contributed by atoms with Crippen LogP contribution in [0.3, 0.4) is 0 Å². The summed E-state index contributed by atoms with van der Waals surface area (Å²) in [5.74, 6) is 0.670. The van der Waals surface area contributed by atoms with Gasteiger partial charge in [-0.2, -0.15) is 0 Å². The zero-order valence-corrected chi connectivity index (χ0v) is 18.2. The van der Waals surface area contributed by atoms with E-state index >= 15 is 0 Å². The molecule has 0 fully saturated rings. The molecule has 0 saturated carbocycles. The Bertz CT molecular complexity index is 1040. The van der Waals surface area contributed by atoms with Gasteiger partial charge in [-0.25, -0.2) is 0 Å². The van der Waals surface area contributed by atoms with Crippen molar-refractivity contribution >= 4 is 17.5 Å². The smallest absolute Gasteiger partial charge is 0.227 e. The van der Waals surface area contributed by atoms with Crippen molar-refractivity contribution in [3.63, 3.8) is 0 Å². The number of ether oxygens (including phenoxy) is 1. The number of anilines is 1. The molecular formula is C27H28N2O3. The summed E-state index contributed by atoms with van der Waals surface area (Å²) in [6.07, 6.45) is 1.16. The Kier molecular flexibility index (Phi) is 7.18. The molecule has 1 heterocycles. The standard InChI is InChI=1S/C27H28N2O3/c30-26(15-16-27(31)29-19-20-32-25-14-8-7-13-24(25)29)28(21-23-11-5-2-6-12-23)18-17-22-9-3-1-4-10-22/h1-14H,15-21H2. The predicted molar refractivity (Wildman–Crippen MR) is 126 cm³/mol. The molecule has 3 aromatic rings. The van der Waals surface area contributed by atoms with Crippen LogP contribution in [0.5, 0.6) is 5.75 Å². The minimum atomic E-state index is -0.0446. The van der Waals surface area contributed by atoms with Crippen LogP contribution in [0.4, 0.5) is 5.69 Å². The summed E-state index contributed by atoms with van der Waals surface area (Å²) in [7, 11) is 0. The highest BCUT2D eigenvalue weighted by atomic mass is 16.5. The van der Waals surface area contributed by atoms with E-state index in [1.807, 2.05) is 77.7 Å². The molecule has 1 aliphatic rings. The Balaban J connectivity index is 1.39. The van der Waals surface area contributed by atoms with E-state index < -0.39 is 0 Å². The molecule has 0 aromatic heterocycles. The summed E-state index contributed by atoms with van der Waals surface area (Å²) in [5, 5.41) is 0. The molecule has 2 amide bonds. The summed E-state index contributed by atoms with van der Waals surface area (Å²) in [4.78, 5) is 29.7. The number of carbonyl (C=O) groups is 2. The summed E-state index contributed by atoms with van der Waals surface area (Å²) in [5.41, 5.74) is 3.06. The second-order valence-electron chi connectivity index (χ2n) is 7.90. The molecule has 32 heavy (non-hydrogen) atoms. The Morgan fingerprint density at radius 2 is 1.47 bits per heavy atom. The lowest BCUT2D eigenvalue weighted by molar-refractivity contribution is -0.133. The van der Waals surface area contributed by atoms with Crippen molar-refractivity contribution in [3.05, 3.63) is 96.1 Å². The molecule has 164 valence electrons. The largest absolute Gasteiger partial charge is 0.490 e. The molecule has 0 unspecified atom stereocenters. The molecule has 0 bridgehead atoms. The quantitative estimate of drug-likeness (QED) is 0.532. The Hall–Kier alpha value is -3.60. The lowest BCUT2D eigenvalue weighted by Crippen LogP contribution is -2.39. The molecule has 0 spiro atoms. The first-order valence-electron chi connectivity index (χ1n) is 11.1. The zero-order valence-electron chi connectivity index (χ0n) is 18.2. The second kappa shape index (κ2) is 10.6. The molecule has 1 aliphatic heterocycles. The van der Waals surface area contributed by atoms with Crippen LogP contribution in [0.25, 0.3) is 0 Å². The van der Waals surface area contributed by atoms with Gasteiger partial charge in [-0.1, -0.05) is 72.8 Å². The van der Waals surface area contributed by atoms with E-state index in [0.717, 1.165) is 17.7 Å². The van der Waals surface area contributed by atoms with E-state index in [1.165, 1.54) is 5.56 Å². The predicted octanol–water partition coefficient (Wildman–Crippen LogP) is 4.46. The molecule has 0 saturated heterocycles. The molecule has 0 N–H and O–H groups in total. The molecule has 0 atom stereocenters. The van der Waals surface area contributed by atoms with Gasteiger partial charge in [-0.15, -0.1) is 0 Å². The van der Waals surface area contributed by atoms with Crippen LogP contribution in [0, 0.1) is 0 Å². The number of nitrogens with zero attached hydrogens (tertiary/aromatic N) is 2. The number of hydrogen-bond donors (Lipinski definition) is 0. The Morgan fingerprint density at radius 3 is 2.22 bits per heavy atom. The minimum absolute atomic E-state index is 0.000297. The van der Waals surface area contributed by atoms with Crippen molar-refractivity contribution in [1.82, 2.24) is 4.90 Å². The van der Waals surface area contributed by atoms with E-state index in [2.05, 4.69) is 12.1 Å². The maximum atomic E-state index is 13.1. The van der Waals surface area contributed by atoms with E-state index in [4.69, 9.17) is 4.74 Å². The number of hydrogen-bond acceptors (Lipinski definition) is 3. The fourth-order valence-electron chi connectivity index (χ4n) is 3.94. The van der Waals surface area contributed by atoms with Crippen LogP contribution in [-0.4, -0.2) is 36.4 Å². The van der Waals surface area contributed by atoms with Crippen LogP contribution in [-0.2, 0) is 22.6 Å². The first-order valence-corrected chi connectivity index (χ1v) is 11.1.